The summed E-state index contributed by atoms with van der Waals surface area (Å²) in [6, 6.07) is 4.11. The number of likely N-dealkylation sites (tertiary alicyclic amines) is 1. The lowest BCUT2D eigenvalue weighted by atomic mass is 9.95. The maximum atomic E-state index is 11.4. The first kappa shape index (κ1) is 16.9. The molecule has 5 rings (SSSR count). The summed E-state index contributed by atoms with van der Waals surface area (Å²) in [5, 5.41) is 16.6. The smallest absolute Gasteiger partial charge is 0.220 e. The van der Waals surface area contributed by atoms with Crippen LogP contribution >= 0.6 is 0 Å². The zero-order valence-corrected chi connectivity index (χ0v) is 15.7. The van der Waals surface area contributed by atoms with Crippen LogP contribution in [-0.4, -0.2) is 69.9 Å². The molecule has 144 valence electrons. The number of aromatic nitrogens is 4. The Morgan fingerprint density at radius 3 is 2.63 bits per heavy atom. The fraction of sp³-hybridized carbons (Fsp3) is 0.684. The van der Waals surface area contributed by atoms with Crippen molar-refractivity contribution in [3.8, 4) is 0 Å². The predicted octanol–water partition coefficient (Wildman–Crippen LogP) is 1.04. The van der Waals surface area contributed by atoms with Crippen molar-refractivity contribution in [2.24, 2.45) is 5.92 Å². The van der Waals surface area contributed by atoms with E-state index in [4.69, 9.17) is 5.10 Å². The highest BCUT2D eigenvalue weighted by atomic mass is 16.1. The van der Waals surface area contributed by atoms with Gasteiger partial charge in [0.05, 0.1) is 0 Å². The molecular weight excluding hydrogens is 342 g/mol. The fourth-order valence-corrected chi connectivity index (χ4v) is 4.70. The molecule has 3 fully saturated rings. The third-order valence-corrected chi connectivity index (χ3v) is 6.23. The van der Waals surface area contributed by atoms with Crippen LogP contribution in [0.5, 0.6) is 0 Å². The molecule has 2 aromatic rings. The minimum atomic E-state index is 0.199. The molecule has 1 unspecified atom stereocenters. The van der Waals surface area contributed by atoms with Crippen LogP contribution < -0.4 is 10.2 Å². The van der Waals surface area contributed by atoms with Crippen molar-refractivity contribution in [1.82, 2.24) is 30.0 Å². The summed E-state index contributed by atoms with van der Waals surface area (Å²) < 4.78 is 1.97. The molecule has 1 N–H and O–H groups in total. The molecule has 3 aliphatic heterocycles. The van der Waals surface area contributed by atoms with E-state index < -0.39 is 0 Å². The van der Waals surface area contributed by atoms with E-state index in [1.807, 2.05) is 10.6 Å². The van der Waals surface area contributed by atoms with Crippen molar-refractivity contribution in [3.63, 3.8) is 0 Å². The molecule has 8 heteroatoms. The Hall–Kier alpha value is -2.22. The molecule has 0 bridgehead atoms. The van der Waals surface area contributed by atoms with Crippen molar-refractivity contribution < 1.29 is 4.79 Å². The molecule has 0 aromatic carbocycles. The topological polar surface area (TPSA) is 78.7 Å². The van der Waals surface area contributed by atoms with Crippen LogP contribution in [0.1, 0.15) is 43.8 Å². The lowest BCUT2D eigenvalue weighted by molar-refractivity contribution is -0.119. The molecule has 3 aliphatic rings. The van der Waals surface area contributed by atoms with E-state index in [0.717, 1.165) is 69.4 Å². The Labute approximate surface area is 158 Å². The number of rotatable bonds is 4. The molecule has 0 radical (unpaired) electrons. The standard InChI is InChI=1S/C19H27N7O/c27-18-11-14(12-20-18)13-24-9-5-15(6-10-24)19-22-21-16-3-4-17(23-26(16)19)25-7-1-2-8-25/h3-4,14-15H,1-2,5-13H2,(H,20,27). The number of hydrogen-bond donors (Lipinski definition) is 1. The van der Waals surface area contributed by atoms with Crippen molar-refractivity contribution >= 4 is 17.4 Å². The number of nitrogens with zero attached hydrogens (tertiary/aromatic N) is 6. The van der Waals surface area contributed by atoms with Crippen LogP contribution in [0.3, 0.4) is 0 Å². The average molecular weight is 369 g/mol. The van der Waals surface area contributed by atoms with E-state index in [1.165, 1.54) is 12.8 Å². The second kappa shape index (κ2) is 7.07. The summed E-state index contributed by atoms with van der Waals surface area (Å²) in [6.45, 7) is 6.13. The Kier molecular flexibility index (Phi) is 4.43. The van der Waals surface area contributed by atoms with E-state index in [9.17, 15) is 4.79 Å². The summed E-state index contributed by atoms with van der Waals surface area (Å²) in [5.74, 6) is 3.11. The van der Waals surface area contributed by atoms with Gasteiger partial charge in [0.25, 0.3) is 0 Å². The van der Waals surface area contributed by atoms with Gasteiger partial charge in [-0.3, -0.25) is 4.79 Å². The molecule has 0 saturated carbocycles. The van der Waals surface area contributed by atoms with Gasteiger partial charge in [-0.2, -0.15) is 4.52 Å². The van der Waals surface area contributed by atoms with Gasteiger partial charge >= 0.3 is 0 Å². The monoisotopic (exact) mass is 369 g/mol. The van der Waals surface area contributed by atoms with Crippen LogP contribution in [0.15, 0.2) is 12.1 Å². The number of piperidine rings is 1. The zero-order valence-electron chi connectivity index (χ0n) is 15.7. The summed E-state index contributed by atoms with van der Waals surface area (Å²) in [7, 11) is 0. The number of carbonyl (C=O) groups is 1. The van der Waals surface area contributed by atoms with Crippen LogP contribution in [-0.2, 0) is 4.79 Å². The summed E-state index contributed by atoms with van der Waals surface area (Å²) >= 11 is 0. The maximum absolute atomic E-state index is 11.4. The molecule has 1 amide bonds. The molecule has 0 spiro atoms. The van der Waals surface area contributed by atoms with Gasteiger partial charge < -0.3 is 15.1 Å². The van der Waals surface area contributed by atoms with Gasteiger partial charge in [0, 0.05) is 38.5 Å². The van der Waals surface area contributed by atoms with Crippen molar-refractivity contribution in [2.75, 3.05) is 44.2 Å². The first-order chi connectivity index (χ1) is 13.3. The molecule has 8 nitrogen and oxygen atoms in total. The van der Waals surface area contributed by atoms with E-state index >= 15 is 0 Å². The molecule has 2 aromatic heterocycles. The largest absolute Gasteiger partial charge is 0.356 e. The molecule has 3 saturated heterocycles. The van der Waals surface area contributed by atoms with Gasteiger partial charge in [-0.15, -0.1) is 15.3 Å². The highest BCUT2D eigenvalue weighted by molar-refractivity contribution is 5.78. The summed E-state index contributed by atoms with van der Waals surface area (Å²) in [5.41, 5.74) is 0.839. The fourth-order valence-electron chi connectivity index (χ4n) is 4.70. The third-order valence-electron chi connectivity index (χ3n) is 6.23. The first-order valence-electron chi connectivity index (χ1n) is 10.2. The van der Waals surface area contributed by atoms with Crippen molar-refractivity contribution in [3.05, 3.63) is 18.0 Å². The van der Waals surface area contributed by atoms with Crippen LogP contribution in [0.25, 0.3) is 5.65 Å². The highest BCUT2D eigenvalue weighted by Gasteiger charge is 2.29. The van der Waals surface area contributed by atoms with E-state index in [1.54, 1.807) is 0 Å². The summed E-state index contributed by atoms with van der Waals surface area (Å²) in [4.78, 5) is 16.2. The number of nitrogens with one attached hydrogen (secondary N) is 1. The predicted molar refractivity (Wildman–Crippen MR) is 102 cm³/mol. The maximum Gasteiger partial charge on any atom is 0.220 e. The SMILES string of the molecule is O=C1CC(CN2CCC(c3nnc4ccc(N5CCCC5)nn34)CC2)CN1. The van der Waals surface area contributed by atoms with Gasteiger partial charge in [-0.05, 0) is 56.8 Å². The Balaban J connectivity index is 1.27. The molecule has 0 aliphatic carbocycles. The second-order valence-corrected chi connectivity index (χ2v) is 8.16. The molecule has 5 heterocycles. The third kappa shape index (κ3) is 3.38. The average Bonchev–Trinajstić information content (AvgIpc) is 3.43. The molecular formula is C19H27N7O. The zero-order chi connectivity index (χ0) is 18.2. The minimum Gasteiger partial charge on any atom is -0.356 e. The lowest BCUT2D eigenvalue weighted by Crippen LogP contribution is -2.37. The van der Waals surface area contributed by atoms with E-state index in [0.29, 0.717) is 18.3 Å². The molecule has 27 heavy (non-hydrogen) atoms. The highest BCUT2D eigenvalue weighted by Crippen LogP contribution is 2.28. The van der Waals surface area contributed by atoms with Gasteiger partial charge in [-0.1, -0.05) is 0 Å². The van der Waals surface area contributed by atoms with Crippen LogP contribution in [0.4, 0.5) is 5.82 Å². The van der Waals surface area contributed by atoms with Crippen molar-refractivity contribution in [1.29, 1.82) is 0 Å². The van der Waals surface area contributed by atoms with Gasteiger partial charge in [0.15, 0.2) is 11.5 Å². The second-order valence-electron chi connectivity index (χ2n) is 8.16. The number of anilines is 1. The Bertz CT molecular complexity index is 821. The van der Waals surface area contributed by atoms with Gasteiger partial charge in [-0.25, -0.2) is 0 Å². The normalized spacial score (nSPS) is 24.8. The Morgan fingerprint density at radius 1 is 1.07 bits per heavy atom. The van der Waals surface area contributed by atoms with Crippen LogP contribution in [0, 0.1) is 5.92 Å². The first-order valence-corrected chi connectivity index (χ1v) is 10.2. The number of amides is 1. The van der Waals surface area contributed by atoms with Crippen molar-refractivity contribution in [2.45, 2.75) is 38.0 Å². The lowest BCUT2D eigenvalue weighted by Gasteiger charge is -2.32. The van der Waals surface area contributed by atoms with Crippen LogP contribution in [0.2, 0.25) is 0 Å². The number of hydrogen-bond acceptors (Lipinski definition) is 6. The number of fused-ring (bicyclic) bond motifs is 1. The quantitative estimate of drug-likeness (QED) is 0.868. The Morgan fingerprint density at radius 2 is 1.89 bits per heavy atom. The minimum absolute atomic E-state index is 0.199. The van der Waals surface area contributed by atoms with Gasteiger partial charge in [0.2, 0.25) is 5.91 Å². The number of carbonyl (C=O) groups excluding carboxylic acids is 1. The van der Waals surface area contributed by atoms with Gasteiger partial charge in [0.1, 0.15) is 5.82 Å². The molecule has 1 atom stereocenters. The summed E-state index contributed by atoms with van der Waals surface area (Å²) in [6.07, 6.45) is 5.32. The van der Waals surface area contributed by atoms with E-state index in [-0.39, 0.29) is 5.91 Å². The van der Waals surface area contributed by atoms with E-state index in [2.05, 4.69) is 31.4 Å².